The summed E-state index contributed by atoms with van der Waals surface area (Å²) in [5.41, 5.74) is -0.357. The standard InChI is InChI=1S/C20H18ClF3N4O2/c1-13-11-27(12-15-7-16(21)2-3-18(15)20(22,23)24)4-5-28(13)19(29)30-17-6-14(8-25)9-26-10-17/h2-3,6-7,9-10,13H,4-5,11-12H2,1H3. The van der Waals surface area contributed by atoms with Gasteiger partial charge in [-0.2, -0.15) is 18.4 Å². The van der Waals surface area contributed by atoms with Crippen LogP contribution in [0.5, 0.6) is 5.75 Å². The number of amides is 1. The average molecular weight is 439 g/mol. The van der Waals surface area contributed by atoms with E-state index >= 15 is 0 Å². The molecule has 0 radical (unpaired) electrons. The van der Waals surface area contributed by atoms with Crippen molar-refractivity contribution in [3.05, 3.63) is 58.4 Å². The quantitative estimate of drug-likeness (QED) is 0.713. The summed E-state index contributed by atoms with van der Waals surface area (Å²) in [6, 6.07) is 6.57. The van der Waals surface area contributed by atoms with Crippen LogP contribution in [0.15, 0.2) is 36.7 Å². The lowest BCUT2D eigenvalue weighted by molar-refractivity contribution is -0.138. The van der Waals surface area contributed by atoms with E-state index in [1.807, 2.05) is 11.0 Å². The number of carbonyl (C=O) groups is 1. The first-order chi connectivity index (χ1) is 14.2. The van der Waals surface area contributed by atoms with E-state index in [1.54, 1.807) is 6.92 Å². The molecule has 0 aliphatic carbocycles. The predicted molar refractivity (Wildman–Crippen MR) is 103 cm³/mol. The van der Waals surface area contributed by atoms with Crippen LogP contribution in [-0.2, 0) is 12.7 Å². The maximum absolute atomic E-state index is 13.3. The molecule has 0 spiro atoms. The van der Waals surface area contributed by atoms with Crippen LogP contribution in [0.2, 0.25) is 5.02 Å². The summed E-state index contributed by atoms with van der Waals surface area (Å²) in [4.78, 5) is 19.7. The SMILES string of the molecule is CC1CN(Cc2cc(Cl)ccc2C(F)(F)F)CCN1C(=O)Oc1cncc(C#N)c1. The number of nitrogens with zero attached hydrogens (tertiary/aromatic N) is 4. The van der Waals surface area contributed by atoms with Crippen molar-refractivity contribution < 1.29 is 22.7 Å². The van der Waals surface area contributed by atoms with Gasteiger partial charge in [-0.1, -0.05) is 11.6 Å². The fourth-order valence-electron chi connectivity index (χ4n) is 3.35. The summed E-state index contributed by atoms with van der Waals surface area (Å²) in [5, 5.41) is 9.14. The van der Waals surface area contributed by atoms with Gasteiger partial charge in [0.1, 0.15) is 6.07 Å². The van der Waals surface area contributed by atoms with E-state index in [2.05, 4.69) is 4.98 Å². The first-order valence-electron chi connectivity index (χ1n) is 9.09. The van der Waals surface area contributed by atoms with Crippen molar-refractivity contribution in [2.75, 3.05) is 19.6 Å². The van der Waals surface area contributed by atoms with Crippen LogP contribution < -0.4 is 4.74 Å². The number of aromatic nitrogens is 1. The van der Waals surface area contributed by atoms with Gasteiger partial charge in [0.05, 0.1) is 17.3 Å². The first kappa shape index (κ1) is 21.9. The highest BCUT2D eigenvalue weighted by molar-refractivity contribution is 6.30. The van der Waals surface area contributed by atoms with E-state index in [0.717, 1.165) is 6.07 Å². The Hall–Kier alpha value is -2.83. The Balaban J connectivity index is 1.65. The number of ether oxygens (including phenoxy) is 1. The summed E-state index contributed by atoms with van der Waals surface area (Å²) >= 11 is 5.90. The van der Waals surface area contributed by atoms with Gasteiger partial charge in [-0.3, -0.25) is 9.88 Å². The second kappa shape index (κ2) is 8.90. The first-order valence-corrected chi connectivity index (χ1v) is 9.46. The molecule has 0 bridgehead atoms. The number of carbonyl (C=O) groups excluding carboxylic acids is 1. The number of piperazine rings is 1. The van der Waals surface area contributed by atoms with Gasteiger partial charge in [0.2, 0.25) is 0 Å². The molecule has 2 heterocycles. The molecule has 1 aromatic heterocycles. The van der Waals surface area contributed by atoms with Crippen molar-refractivity contribution in [1.82, 2.24) is 14.8 Å². The molecule has 1 aliphatic heterocycles. The Kier molecular flexibility index (Phi) is 6.48. The number of benzene rings is 1. The third-order valence-electron chi connectivity index (χ3n) is 4.76. The minimum absolute atomic E-state index is 0.0662. The van der Waals surface area contributed by atoms with Gasteiger partial charge in [0.15, 0.2) is 5.75 Å². The topological polar surface area (TPSA) is 69.5 Å². The van der Waals surface area contributed by atoms with Crippen LogP contribution >= 0.6 is 11.6 Å². The molecule has 1 aliphatic rings. The monoisotopic (exact) mass is 438 g/mol. The molecule has 0 saturated carbocycles. The third-order valence-corrected chi connectivity index (χ3v) is 5.00. The molecule has 30 heavy (non-hydrogen) atoms. The lowest BCUT2D eigenvalue weighted by Crippen LogP contribution is -2.54. The molecule has 1 fully saturated rings. The molecule has 0 N–H and O–H groups in total. The molecule has 2 aromatic rings. The number of nitriles is 1. The van der Waals surface area contributed by atoms with Gasteiger partial charge in [0, 0.05) is 49.5 Å². The van der Waals surface area contributed by atoms with E-state index in [4.69, 9.17) is 21.6 Å². The Morgan fingerprint density at radius 2 is 2.10 bits per heavy atom. The minimum Gasteiger partial charge on any atom is -0.408 e. The van der Waals surface area contributed by atoms with Crippen LogP contribution in [-0.4, -0.2) is 46.6 Å². The second-order valence-corrected chi connectivity index (χ2v) is 7.40. The average Bonchev–Trinajstić information content (AvgIpc) is 2.67. The molecule has 1 aromatic carbocycles. The minimum atomic E-state index is -4.47. The Morgan fingerprint density at radius 3 is 2.77 bits per heavy atom. The van der Waals surface area contributed by atoms with Crippen molar-refractivity contribution in [3.63, 3.8) is 0 Å². The Morgan fingerprint density at radius 1 is 1.33 bits per heavy atom. The zero-order valence-corrected chi connectivity index (χ0v) is 16.7. The predicted octanol–water partition coefficient (Wildman–Crippen LogP) is 4.33. The molecule has 6 nitrogen and oxygen atoms in total. The maximum atomic E-state index is 13.3. The van der Waals surface area contributed by atoms with Gasteiger partial charge >= 0.3 is 12.3 Å². The van der Waals surface area contributed by atoms with Gasteiger partial charge < -0.3 is 9.64 Å². The van der Waals surface area contributed by atoms with Crippen LogP contribution in [0, 0.1) is 11.3 Å². The zero-order chi connectivity index (χ0) is 21.9. The summed E-state index contributed by atoms with van der Waals surface area (Å²) in [6.07, 6.45) is -2.39. The molecule has 1 unspecified atom stereocenters. The largest absolute Gasteiger partial charge is 0.416 e. The van der Waals surface area contributed by atoms with Gasteiger partial charge in [-0.15, -0.1) is 0 Å². The fourth-order valence-corrected chi connectivity index (χ4v) is 3.55. The van der Waals surface area contributed by atoms with Crippen molar-refractivity contribution in [1.29, 1.82) is 5.26 Å². The van der Waals surface area contributed by atoms with Crippen molar-refractivity contribution in [3.8, 4) is 11.8 Å². The van der Waals surface area contributed by atoms with Gasteiger partial charge in [-0.05, 0) is 30.7 Å². The summed E-state index contributed by atoms with van der Waals surface area (Å²) in [7, 11) is 0. The van der Waals surface area contributed by atoms with Gasteiger partial charge in [0.25, 0.3) is 0 Å². The number of pyridine rings is 1. The van der Waals surface area contributed by atoms with Crippen LogP contribution in [0.25, 0.3) is 0 Å². The van der Waals surface area contributed by atoms with Crippen molar-refractivity contribution in [2.45, 2.75) is 25.7 Å². The normalized spacial score (nSPS) is 17.5. The Labute approximate surface area is 176 Å². The Bertz CT molecular complexity index is 977. The van der Waals surface area contributed by atoms with E-state index in [1.165, 1.54) is 35.5 Å². The lowest BCUT2D eigenvalue weighted by atomic mass is 10.1. The number of hydrogen-bond donors (Lipinski definition) is 0. The fraction of sp³-hybridized carbons (Fsp3) is 0.350. The zero-order valence-electron chi connectivity index (χ0n) is 16.0. The second-order valence-electron chi connectivity index (χ2n) is 6.97. The van der Waals surface area contributed by atoms with E-state index in [9.17, 15) is 18.0 Å². The van der Waals surface area contributed by atoms with Crippen molar-refractivity contribution >= 4 is 17.7 Å². The molecule has 158 valence electrons. The highest BCUT2D eigenvalue weighted by atomic mass is 35.5. The van der Waals surface area contributed by atoms with Crippen LogP contribution in [0.1, 0.15) is 23.6 Å². The lowest BCUT2D eigenvalue weighted by Gasteiger charge is -2.39. The van der Waals surface area contributed by atoms with Crippen LogP contribution in [0.4, 0.5) is 18.0 Å². The molecule has 1 saturated heterocycles. The number of hydrogen-bond acceptors (Lipinski definition) is 5. The maximum Gasteiger partial charge on any atom is 0.416 e. The van der Waals surface area contributed by atoms with Gasteiger partial charge in [-0.25, -0.2) is 4.79 Å². The molecule has 3 rings (SSSR count). The number of rotatable bonds is 3. The number of alkyl halides is 3. The molecular formula is C20H18ClF3N4O2. The van der Waals surface area contributed by atoms with Crippen LogP contribution in [0.3, 0.4) is 0 Å². The van der Waals surface area contributed by atoms with E-state index in [0.29, 0.717) is 13.1 Å². The van der Waals surface area contributed by atoms with E-state index < -0.39 is 17.8 Å². The third kappa shape index (κ3) is 5.20. The highest BCUT2D eigenvalue weighted by Crippen LogP contribution is 2.34. The molecule has 1 atom stereocenters. The summed E-state index contributed by atoms with van der Waals surface area (Å²) in [6.45, 7) is 2.89. The van der Waals surface area contributed by atoms with E-state index in [-0.39, 0.29) is 41.0 Å². The molecular weight excluding hydrogens is 421 g/mol. The summed E-state index contributed by atoms with van der Waals surface area (Å²) in [5.74, 6) is 0.155. The summed E-state index contributed by atoms with van der Waals surface area (Å²) < 4.78 is 45.1. The number of halogens is 4. The molecule has 1 amide bonds. The smallest absolute Gasteiger partial charge is 0.408 e. The molecule has 10 heteroatoms. The highest BCUT2D eigenvalue weighted by Gasteiger charge is 2.35. The van der Waals surface area contributed by atoms with Crippen molar-refractivity contribution in [2.24, 2.45) is 0 Å².